The molecule has 0 aliphatic rings. The Morgan fingerprint density at radius 1 is 1.00 bits per heavy atom. The summed E-state index contributed by atoms with van der Waals surface area (Å²) in [4.78, 5) is 31.2. The summed E-state index contributed by atoms with van der Waals surface area (Å²) in [6.45, 7) is 7.98. The van der Waals surface area contributed by atoms with Gasteiger partial charge in [-0.15, -0.1) is 11.3 Å². The lowest BCUT2D eigenvalue weighted by atomic mass is 10.0. The fourth-order valence-corrected chi connectivity index (χ4v) is 4.38. The second kappa shape index (κ2) is 7.41. The Labute approximate surface area is 173 Å². The van der Waals surface area contributed by atoms with Crippen LogP contribution in [0.15, 0.2) is 52.9 Å². The molecule has 4 rings (SSSR count). The molecule has 146 valence electrons. The minimum Gasteiger partial charge on any atom is -0.292 e. The molecule has 2 heterocycles. The van der Waals surface area contributed by atoms with Crippen LogP contribution in [-0.4, -0.2) is 15.3 Å². The molecule has 4 aromatic rings. The number of benzene rings is 2. The van der Waals surface area contributed by atoms with Gasteiger partial charge in [0.05, 0.1) is 18.3 Å². The fourth-order valence-electron chi connectivity index (χ4n) is 3.48. The van der Waals surface area contributed by atoms with E-state index < -0.39 is 0 Å². The molecule has 0 bridgehead atoms. The standard InChI is InChI=1S/C24H22N2O2S/c1-14-5-6-16(3)19(9-14)21(27)11-26-13-25-23-22(24(26)28)20(12-29-23)18-8-7-15(2)17(4)10-18/h5-10,12-13H,11H2,1-4H3. The third-order valence-corrected chi connectivity index (χ3v) is 6.27. The third-order valence-electron chi connectivity index (χ3n) is 5.39. The maximum atomic E-state index is 13.2. The molecular weight excluding hydrogens is 380 g/mol. The van der Waals surface area contributed by atoms with Crippen molar-refractivity contribution in [2.75, 3.05) is 0 Å². The van der Waals surface area contributed by atoms with Gasteiger partial charge in [0.15, 0.2) is 5.78 Å². The largest absolute Gasteiger partial charge is 0.292 e. The van der Waals surface area contributed by atoms with Crippen LogP contribution in [0.5, 0.6) is 0 Å². The van der Waals surface area contributed by atoms with E-state index in [1.807, 2.05) is 43.5 Å². The van der Waals surface area contributed by atoms with Crippen molar-refractivity contribution in [2.45, 2.75) is 34.2 Å². The average Bonchev–Trinajstić information content (AvgIpc) is 3.13. The number of nitrogens with zero attached hydrogens (tertiary/aromatic N) is 2. The second-order valence-electron chi connectivity index (χ2n) is 7.55. The highest BCUT2D eigenvalue weighted by Crippen LogP contribution is 2.31. The van der Waals surface area contributed by atoms with Crippen molar-refractivity contribution in [3.05, 3.63) is 86.3 Å². The number of carbonyl (C=O) groups is 1. The van der Waals surface area contributed by atoms with Gasteiger partial charge >= 0.3 is 0 Å². The zero-order valence-electron chi connectivity index (χ0n) is 16.9. The van der Waals surface area contributed by atoms with E-state index in [0.29, 0.717) is 15.8 Å². The Bertz CT molecular complexity index is 1310. The Hall–Kier alpha value is -3.05. The van der Waals surface area contributed by atoms with Crippen LogP contribution in [-0.2, 0) is 6.54 Å². The van der Waals surface area contributed by atoms with E-state index in [2.05, 4.69) is 31.0 Å². The SMILES string of the molecule is Cc1ccc(C)c(C(=O)Cn2cnc3scc(-c4ccc(C)c(C)c4)c3c2=O)c1. The predicted molar refractivity (Wildman–Crippen MR) is 119 cm³/mol. The number of Topliss-reactive ketones (excluding diaryl/α,β-unsaturated/α-hetero) is 1. The Morgan fingerprint density at radius 3 is 2.52 bits per heavy atom. The number of hydrogen-bond donors (Lipinski definition) is 0. The van der Waals surface area contributed by atoms with Gasteiger partial charge in [-0.25, -0.2) is 4.98 Å². The predicted octanol–water partition coefficient (Wildman–Crippen LogP) is 5.24. The summed E-state index contributed by atoms with van der Waals surface area (Å²) in [5.74, 6) is -0.0857. The molecule has 2 aromatic carbocycles. The topological polar surface area (TPSA) is 52.0 Å². The van der Waals surface area contributed by atoms with Gasteiger partial charge in [0, 0.05) is 16.5 Å². The molecule has 0 fully saturated rings. The van der Waals surface area contributed by atoms with Crippen molar-refractivity contribution >= 4 is 27.3 Å². The normalized spacial score (nSPS) is 11.2. The summed E-state index contributed by atoms with van der Waals surface area (Å²) >= 11 is 1.45. The van der Waals surface area contributed by atoms with E-state index in [-0.39, 0.29) is 17.9 Å². The third kappa shape index (κ3) is 3.54. The Kier molecular flexibility index (Phi) is 4.92. The first-order valence-corrected chi connectivity index (χ1v) is 10.4. The van der Waals surface area contributed by atoms with Crippen LogP contribution in [0.4, 0.5) is 0 Å². The highest BCUT2D eigenvalue weighted by molar-refractivity contribution is 7.17. The zero-order valence-corrected chi connectivity index (χ0v) is 17.8. The Morgan fingerprint density at radius 2 is 1.76 bits per heavy atom. The molecule has 5 heteroatoms. The van der Waals surface area contributed by atoms with E-state index in [1.165, 1.54) is 33.4 Å². The lowest BCUT2D eigenvalue weighted by Crippen LogP contribution is -2.25. The highest BCUT2D eigenvalue weighted by Gasteiger charge is 2.16. The van der Waals surface area contributed by atoms with Crippen LogP contribution in [0, 0.1) is 27.7 Å². The first kappa shape index (κ1) is 19.3. The molecule has 0 amide bonds. The summed E-state index contributed by atoms with van der Waals surface area (Å²) in [5.41, 5.74) is 6.67. The van der Waals surface area contributed by atoms with E-state index in [0.717, 1.165) is 22.3 Å². The first-order valence-electron chi connectivity index (χ1n) is 9.50. The molecule has 0 N–H and O–H groups in total. The summed E-state index contributed by atoms with van der Waals surface area (Å²) in [7, 11) is 0. The van der Waals surface area contributed by atoms with Crippen LogP contribution in [0.2, 0.25) is 0 Å². The van der Waals surface area contributed by atoms with E-state index in [9.17, 15) is 9.59 Å². The number of aromatic nitrogens is 2. The van der Waals surface area contributed by atoms with Gasteiger partial charge in [0.25, 0.3) is 5.56 Å². The molecule has 0 atom stereocenters. The molecule has 0 aliphatic carbocycles. The molecule has 29 heavy (non-hydrogen) atoms. The number of carbonyl (C=O) groups excluding carboxylic acids is 1. The molecule has 0 radical (unpaired) electrons. The van der Waals surface area contributed by atoms with E-state index in [4.69, 9.17) is 0 Å². The van der Waals surface area contributed by atoms with Crippen LogP contribution in [0.3, 0.4) is 0 Å². The first-order chi connectivity index (χ1) is 13.8. The lowest BCUT2D eigenvalue weighted by molar-refractivity contribution is 0.0970. The molecule has 0 saturated carbocycles. The maximum absolute atomic E-state index is 13.2. The number of aryl methyl sites for hydroxylation is 4. The van der Waals surface area contributed by atoms with Crippen molar-refractivity contribution in [3.8, 4) is 11.1 Å². The van der Waals surface area contributed by atoms with Crippen LogP contribution in [0.25, 0.3) is 21.3 Å². The van der Waals surface area contributed by atoms with Gasteiger partial charge in [0.1, 0.15) is 4.83 Å². The Balaban J connectivity index is 1.78. The van der Waals surface area contributed by atoms with Gasteiger partial charge in [-0.2, -0.15) is 0 Å². The number of thiophene rings is 1. The van der Waals surface area contributed by atoms with Gasteiger partial charge in [-0.1, -0.05) is 35.9 Å². The summed E-state index contributed by atoms with van der Waals surface area (Å²) in [6.07, 6.45) is 1.48. The molecule has 0 saturated heterocycles. The molecule has 0 unspecified atom stereocenters. The maximum Gasteiger partial charge on any atom is 0.263 e. The number of fused-ring (bicyclic) bond motifs is 1. The monoisotopic (exact) mass is 402 g/mol. The smallest absolute Gasteiger partial charge is 0.263 e. The molecular formula is C24H22N2O2S. The van der Waals surface area contributed by atoms with Crippen LogP contribution < -0.4 is 5.56 Å². The van der Waals surface area contributed by atoms with Crippen LogP contribution in [0.1, 0.15) is 32.6 Å². The summed E-state index contributed by atoms with van der Waals surface area (Å²) in [5, 5.41) is 2.55. The second-order valence-corrected chi connectivity index (χ2v) is 8.41. The molecule has 2 aromatic heterocycles. The van der Waals surface area contributed by atoms with Crippen molar-refractivity contribution in [1.29, 1.82) is 0 Å². The van der Waals surface area contributed by atoms with Gasteiger partial charge in [-0.05, 0) is 56.0 Å². The molecule has 0 spiro atoms. The average molecular weight is 403 g/mol. The fraction of sp³-hybridized carbons (Fsp3) is 0.208. The van der Waals surface area contributed by atoms with Crippen molar-refractivity contribution in [1.82, 2.24) is 9.55 Å². The van der Waals surface area contributed by atoms with Gasteiger partial charge in [0.2, 0.25) is 0 Å². The van der Waals surface area contributed by atoms with Gasteiger partial charge < -0.3 is 0 Å². The van der Waals surface area contributed by atoms with E-state index >= 15 is 0 Å². The minimum atomic E-state index is -0.178. The van der Waals surface area contributed by atoms with E-state index in [1.54, 1.807) is 0 Å². The highest BCUT2D eigenvalue weighted by atomic mass is 32.1. The molecule has 4 nitrogen and oxygen atoms in total. The summed E-state index contributed by atoms with van der Waals surface area (Å²) in [6, 6.07) is 12.0. The number of ketones is 1. The zero-order chi connectivity index (χ0) is 20.7. The number of rotatable bonds is 4. The van der Waals surface area contributed by atoms with Crippen molar-refractivity contribution in [2.24, 2.45) is 0 Å². The van der Waals surface area contributed by atoms with Gasteiger partial charge in [-0.3, -0.25) is 14.2 Å². The van der Waals surface area contributed by atoms with Crippen molar-refractivity contribution in [3.63, 3.8) is 0 Å². The quantitative estimate of drug-likeness (QED) is 0.439. The van der Waals surface area contributed by atoms with Crippen molar-refractivity contribution < 1.29 is 4.79 Å². The summed E-state index contributed by atoms with van der Waals surface area (Å²) < 4.78 is 1.42. The lowest BCUT2D eigenvalue weighted by Gasteiger charge is -2.09. The minimum absolute atomic E-state index is 0.0196. The van der Waals surface area contributed by atoms with Crippen LogP contribution >= 0.6 is 11.3 Å². The molecule has 0 aliphatic heterocycles. The number of hydrogen-bond acceptors (Lipinski definition) is 4.